The molecule has 1 N–H and O–H groups in total. The summed E-state index contributed by atoms with van der Waals surface area (Å²) in [6.07, 6.45) is 0.183. The van der Waals surface area contributed by atoms with E-state index in [1.165, 1.54) is 0 Å². The normalized spacial score (nSPS) is 10.1. The molecular formula is C21H16N2O3. The van der Waals surface area contributed by atoms with Crippen molar-refractivity contribution in [1.82, 2.24) is 0 Å². The number of hydrogen-bond acceptors (Lipinski definition) is 4. The number of carbonyl (C=O) groups is 2. The molecule has 3 aromatic carbocycles. The standard InChI is InChI=1S/C21H16N2O3/c22-12-13-26-21(25)18-10-3-4-11-19(18)23-20(24)14-16-8-5-7-15-6-1-2-9-17(15)16/h1-11H,13-14H2,(H,23,24). The first kappa shape index (κ1) is 17.2. The number of nitriles is 1. The van der Waals surface area contributed by atoms with Crippen LogP contribution in [0.3, 0.4) is 0 Å². The van der Waals surface area contributed by atoms with Crippen molar-refractivity contribution in [3.05, 3.63) is 77.9 Å². The molecule has 26 heavy (non-hydrogen) atoms. The molecule has 0 unspecified atom stereocenters. The summed E-state index contributed by atoms with van der Waals surface area (Å²) in [6, 6.07) is 22.0. The average molecular weight is 344 g/mol. The van der Waals surface area contributed by atoms with Crippen molar-refractivity contribution in [2.24, 2.45) is 0 Å². The monoisotopic (exact) mass is 344 g/mol. The van der Waals surface area contributed by atoms with Gasteiger partial charge >= 0.3 is 5.97 Å². The minimum absolute atomic E-state index is 0.183. The van der Waals surface area contributed by atoms with Crippen molar-refractivity contribution in [3.63, 3.8) is 0 Å². The molecule has 5 nitrogen and oxygen atoms in total. The lowest BCUT2D eigenvalue weighted by Gasteiger charge is -2.11. The zero-order chi connectivity index (χ0) is 18.4. The number of hydrogen-bond donors (Lipinski definition) is 1. The molecule has 0 spiro atoms. The van der Waals surface area contributed by atoms with Crippen molar-refractivity contribution >= 4 is 28.3 Å². The number of ether oxygens (including phenoxy) is 1. The molecule has 0 aromatic heterocycles. The van der Waals surface area contributed by atoms with Gasteiger partial charge in [-0.05, 0) is 28.5 Å². The van der Waals surface area contributed by atoms with Crippen molar-refractivity contribution in [3.8, 4) is 6.07 Å². The summed E-state index contributed by atoms with van der Waals surface area (Å²) in [5.74, 6) is -0.880. The van der Waals surface area contributed by atoms with Gasteiger partial charge in [-0.2, -0.15) is 5.26 Å². The van der Waals surface area contributed by atoms with Crippen LogP contribution >= 0.6 is 0 Å². The van der Waals surface area contributed by atoms with Crippen molar-refractivity contribution < 1.29 is 14.3 Å². The molecule has 0 fully saturated rings. The summed E-state index contributed by atoms with van der Waals surface area (Å²) >= 11 is 0. The highest BCUT2D eigenvalue weighted by molar-refractivity contribution is 6.02. The fraction of sp³-hybridized carbons (Fsp3) is 0.0952. The van der Waals surface area contributed by atoms with E-state index < -0.39 is 5.97 Å². The second-order valence-corrected chi connectivity index (χ2v) is 5.64. The number of rotatable bonds is 5. The maximum absolute atomic E-state index is 12.5. The first-order valence-corrected chi connectivity index (χ1v) is 8.08. The summed E-state index contributed by atoms with van der Waals surface area (Å²) in [5.41, 5.74) is 1.49. The lowest BCUT2D eigenvalue weighted by Crippen LogP contribution is -2.17. The minimum atomic E-state index is -0.646. The quantitative estimate of drug-likeness (QED) is 0.716. The molecule has 0 heterocycles. The van der Waals surface area contributed by atoms with Gasteiger partial charge in [-0.15, -0.1) is 0 Å². The van der Waals surface area contributed by atoms with E-state index in [2.05, 4.69) is 5.32 Å². The molecule has 0 radical (unpaired) electrons. The van der Waals surface area contributed by atoms with Gasteiger partial charge in [-0.3, -0.25) is 4.79 Å². The summed E-state index contributed by atoms with van der Waals surface area (Å²) in [4.78, 5) is 24.5. The first-order chi connectivity index (χ1) is 12.7. The Labute approximate surface area is 150 Å². The van der Waals surface area contributed by atoms with E-state index in [0.717, 1.165) is 16.3 Å². The molecule has 3 aromatic rings. The molecule has 0 aliphatic heterocycles. The van der Waals surface area contributed by atoms with Crippen molar-refractivity contribution in [2.45, 2.75) is 6.42 Å². The molecular weight excluding hydrogens is 328 g/mol. The predicted molar refractivity (Wildman–Crippen MR) is 98.6 cm³/mol. The third-order valence-corrected chi connectivity index (χ3v) is 3.92. The maximum Gasteiger partial charge on any atom is 0.341 e. The highest BCUT2D eigenvalue weighted by Crippen LogP contribution is 2.20. The van der Waals surface area contributed by atoms with Crippen LogP contribution in [0.15, 0.2) is 66.7 Å². The van der Waals surface area contributed by atoms with Crippen molar-refractivity contribution in [1.29, 1.82) is 5.26 Å². The fourth-order valence-corrected chi connectivity index (χ4v) is 2.76. The number of nitrogens with one attached hydrogen (secondary N) is 1. The van der Waals surface area contributed by atoms with Crippen LogP contribution in [0.5, 0.6) is 0 Å². The number of esters is 1. The highest BCUT2D eigenvalue weighted by atomic mass is 16.5. The zero-order valence-electron chi connectivity index (χ0n) is 13.9. The third kappa shape index (κ3) is 3.87. The number of amides is 1. The second kappa shape index (κ2) is 7.95. The van der Waals surface area contributed by atoms with Gasteiger partial charge in [0.25, 0.3) is 0 Å². The van der Waals surface area contributed by atoms with Crippen LogP contribution in [-0.4, -0.2) is 18.5 Å². The van der Waals surface area contributed by atoms with E-state index in [-0.39, 0.29) is 24.5 Å². The van der Waals surface area contributed by atoms with E-state index in [4.69, 9.17) is 10.00 Å². The lowest BCUT2D eigenvalue weighted by molar-refractivity contribution is -0.115. The van der Waals surface area contributed by atoms with Crippen LogP contribution in [-0.2, 0) is 16.0 Å². The number of para-hydroxylation sites is 1. The van der Waals surface area contributed by atoms with Gasteiger partial charge in [0, 0.05) is 0 Å². The van der Waals surface area contributed by atoms with Gasteiger partial charge in [0.1, 0.15) is 6.07 Å². The predicted octanol–water partition coefficient (Wildman–Crippen LogP) is 3.70. The van der Waals surface area contributed by atoms with Gasteiger partial charge < -0.3 is 10.1 Å². The molecule has 1 amide bonds. The summed E-state index contributed by atoms with van der Waals surface area (Å²) in [7, 11) is 0. The number of benzene rings is 3. The second-order valence-electron chi connectivity index (χ2n) is 5.64. The van der Waals surface area contributed by atoms with Gasteiger partial charge in [-0.1, -0.05) is 54.6 Å². The van der Waals surface area contributed by atoms with Gasteiger partial charge in [0.2, 0.25) is 5.91 Å². The molecule has 0 atom stereocenters. The Balaban J connectivity index is 1.78. The molecule has 0 saturated heterocycles. The molecule has 0 bridgehead atoms. The summed E-state index contributed by atoms with van der Waals surface area (Å²) in [6.45, 7) is -0.336. The smallest absolute Gasteiger partial charge is 0.341 e. The average Bonchev–Trinajstić information content (AvgIpc) is 2.67. The van der Waals surface area contributed by atoms with Gasteiger partial charge in [0.05, 0.1) is 17.7 Å². The molecule has 0 aliphatic carbocycles. The zero-order valence-corrected chi connectivity index (χ0v) is 13.9. The lowest BCUT2D eigenvalue weighted by atomic mass is 10.0. The van der Waals surface area contributed by atoms with Crippen LogP contribution in [0.2, 0.25) is 0 Å². The largest absolute Gasteiger partial charge is 0.447 e. The maximum atomic E-state index is 12.5. The Hall–Kier alpha value is -3.65. The topological polar surface area (TPSA) is 79.2 Å². The molecule has 128 valence electrons. The third-order valence-electron chi connectivity index (χ3n) is 3.92. The minimum Gasteiger partial charge on any atom is -0.447 e. The van der Waals surface area contributed by atoms with Crippen molar-refractivity contribution in [2.75, 3.05) is 11.9 Å². The van der Waals surface area contributed by atoms with E-state index >= 15 is 0 Å². The first-order valence-electron chi connectivity index (χ1n) is 8.08. The number of nitrogens with zero attached hydrogens (tertiary/aromatic N) is 1. The molecule has 0 aliphatic rings. The number of carbonyl (C=O) groups excluding carboxylic acids is 2. The van der Waals surface area contributed by atoms with Gasteiger partial charge in [-0.25, -0.2) is 4.79 Å². The Bertz CT molecular complexity index is 1000. The van der Waals surface area contributed by atoms with Crippen LogP contribution in [0.4, 0.5) is 5.69 Å². The van der Waals surface area contributed by atoms with Gasteiger partial charge in [0.15, 0.2) is 6.61 Å². The van der Waals surface area contributed by atoms with E-state index in [1.54, 1.807) is 30.3 Å². The Morgan fingerprint density at radius 2 is 1.69 bits per heavy atom. The van der Waals surface area contributed by atoms with Crippen LogP contribution in [0, 0.1) is 11.3 Å². The fourth-order valence-electron chi connectivity index (χ4n) is 2.76. The van der Waals surface area contributed by atoms with E-state index in [1.807, 2.05) is 42.5 Å². The number of fused-ring (bicyclic) bond motifs is 1. The summed E-state index contributed by atoms with van der Waals surface area (Å²) < 4.78 is 4.82. The van der Waals surface area contributed by atoms with E-state index in [9.17, 15) is 9.59 Å². The van der Waals surface area contributed by atoms with Crippen LogP contribution in [0.25, 0.3) is 10.8 Å². The van der Waals surface area contributed by atoms with Crippen LogP contribution < -0.4 is 5.32 Å². The van der Waals surface area contributed by atoms with E-state index in [0.29, 0.717) is 5.69 Å². The molecule has 3 rings (SSSR count). The Kier molecular flexibility index (Phi) is 5.25. The Morgan fingerprint density at radius 3 is 2.54 bits per heavy atom. The highest BCUT2D eigenvalue weighted by Gasteiger charge is 2.15. The SMILES string of the molecule is N#CCOC(=O)c1ccccc1NC(=O)Cc1cccc2ccccc12. The molecule has 5 heteroatoms. The summed E-state index contributed by atoms with van der Waals surface area (Å²) in [5, 5.41) is 13.4. The molecule has 0 saturated carbocycles. The van der Waals surface area contributed by atoms with Crippen LogP contribution in [0.1, 0.15) is 15.9 Å². The Morgan fingerprint density at radius 1 is 0.962 bits per heavy atom. The number of anilines is 1.